The standard InChI is InChI=1S/C77H132O6/c1-4-7-10-13-16-19-22-25-28-30-31-32-33-34-35-36-37-38-39-40-41-42-43-44-45-47-49-52-55-58-61-64-67-70-76(79)82-73-74(72-81-75(78)69-66-63-60-57-54-51-48-27-24-21-18-15-12-9-6-3)83-77(80)71-68-65-62-59-56-53-50-46-29-26-23-20-17-14-11-8-5-2/h9,12,17-18,20-22,25-27,29-31,48,54,57,63,66,74H,4-8,10-11,13-16,19,23-24,28,32-47,49-53,55-56,58-62,64-65,67-73H2,1-3H3/b12-9-,20-17-,21-18-,25-22-,29-26-,31-30-,48-27-,57-54-,66-63-. The first-order valence-electron chi connectivity index (χ1n) is 35.4. The average molecular weight is 1150 g/mol. The molecule has 0 amide bonds. The van der Waals surface area contributed by atoms with Crippen molar-refractivity contribution in [3.8, 4) is 0 Å². The minimum absolute atomic E-state index is 0.109. The second kappa shape index (κ2) is 70.6. The number of rotatable bonds is 64. The highest BCUT2D eigenvalue weighted by atomic mass is 16.6. The summed E-state index contributed by atoms with van der Waals surface area (Å²) in [6.45, 7) is 6.43. The van der Waals surface area contributed by atoms with E-state index >= 15 is 0 Å². The molecule has 0 N–H and O–H groups in total. The fourth-order valence-corrected chi connectivity index (χ4v) is 9.99. The van der Waals surface area contributed by atoms with E-state index in [0.29, 0.717) is 12.8 Å². The zero-order valence-corrected chi connectivity index (χ0v) is 54.7. The molecule has 0 aliphatic heterocycles. The lowest BCUT2D eigenvalue weighted by Gasteiger charge is -2.18. The molecule has 0 bridgehead atoms. The number of carbonyl (C=O) groups is 3. The second-order valence-electron chi connectivity index (χ2n) is 23.4. The molecule has 0 fully saturated rings. The van der Waals surface area contributed by atoms with E-state index in [1.54, 1.807) is 6.08 Å². The first-order chi connectivity index (χ1) is 41.0. The van der Waals surface area contributed by atoms with Gasteiger partial charge in [-0.15, -0.1) is 0 Å². The smallest absolute Gasteiger partial charge is 0.309 e. The highest BCUT2D eigenvalue weighted by Crippen LogP contribution is 2.17. The van der Waals surface area contributed by atoms with Crippen molar-refractivity contribution in [2.24, 2.45) is 0 Å². The van der Waals surface area contributed by atoms with Crippen LogP contribution in [0, 0.1) is 0 Å². The zero-order valence-electron chi connectivity index (χ0n) is 54.7. The van der Waals surface area contributed by atoms with E-state index in [1.807, 2.05) is 6.08 Å². The summed E-state index contributed by atoms with van der Waals surface area (Å²) < 4.78 is 16.8. The minimum atomic E-state index is -0.824. The van der Waals surface area contributed by atoms with E-state index in [9.17, 15) is 14.4 Å². The lowest BCUT2D eigenvalue weighted by atomic mass is 10.0. The maximum absolute atomic E-state index is 12.9. The summed E-state index contributed by atoms with van der Waals surface area (Å²) in [6.07, 6.45) is 97.3. The molecular weight excluding hydrogens is 1020 g/mol. The van der Waals surface area contributed by atoms with Gasteiger partial charge in [0.15, 0.2) is 6.10 Å². The third-order valence-corrected chi connectivity index (χ3v) is 15.3. The molecule has 0 rings (SSSR count). The van der Waals surface area contributed by atoms with Gasteiger partial charge in [-0.05, 0) is 109 Å². The quantitative estimate of drug-likeness (QED) is 0.0261. The number of esters is 3. The molecule has 6 heteroatoms. The maximum atomic E-state index is 12.9. The van der Waals surface area contributed by atoms with Gasteiger partial charge in [0.25, 0.3) is 0 Å². The van der Waals surface area contributed by atoms with Gasteiger partial charge in [-0.2, -0.15) is 0 Å². The highest BCUT2D eigenvalue weighted by Gasteiger charge is 2.19. The molecule has 0 spiro atoms. The summed E-state index contributed by atoms with van der Waals surface area (Å²) in [6, 6.07) is 0. The Hall–Kier alpha value is -3.93. The van der Waals surface area contributed by atoms with Gasteiger partial charge in [0.05, 0.1) is 6.42 Å². The van der Waals surface area contributed by atoms with Crippen molar-refractivity contribution in [3.05, 3.63) is 109 Å². The van der Waals surface area contributed by atoms with Crippen molar-refractivity contribution in [3.63, 3.8) is 0 Å². The predicted octanol–water partition coefficient (Wildman–Crippen LogP) is 24.6. The molecule has 83 heavy (non-hydrogen) atoms. The maximum Gasteiger partial charge on any atom is 0.309 e. The van der Waals surface area contributed by atoms with Gasteiger partial charge in [-0.1, -0.05) is 323 Å². The molecule has 1 unspecified atom stereocenters. The van der Waals surface area contributed by atoms with Gasteiger partial charge < -0.3 is 14.2 Å². The fourth-order valence-electron chi connectivity index (χ4n) is 9.99. The van der Waals surface area contributed by atoms with E-state index in [-0.39, 0.29) is 31.6 Å². The number of ether oxygens (including phenoxy) is 3. The number of allylic oxidation sites excluding steroid dienone is 17. The summed E-state index contributed by atoms with van der Waals surface area (Å²) in [5.74, 6) is -1.04. The van der Waals surface area contributed by atoms with Crippen LogP contribution in [0.25, 0.3) is 0 Å². The van der Waals surface area contributed by atoms with Gasteiger partial charge >= 0.3 is 17.9 Å². The summed E-state index contributed by atoms with van der Waals surface area (Å²) in [7, 11) is 0. The Bertz CT molecular complexity index is 1660. The Morgan fingerprint density at radius 1 is 0.265 bits per heavy atom. The normalized spacial score (nSPS) is 12.8. The van der Waals surface area contributed by atoms with E-state index in [0.717, 1.165) is 89.9 Å². The molecule has 0 aliphatic rings. The third-order valence-electron chi connectivity index (χ3n) is 15.3. The van der Waals surface area contributed by atoms with Gasteiger partial charge in [-0.3, -0.25) is 14.4 Å². The third kappa shape index (κ3) is 68.7. The first-order valence-corrected chi connectivity index (χ1v) is 35.4. The van der Waals surface area contributed by atoms with Gasteiger partial charge in [0, 0.05) is 12.8 Å². The molecule has 0 saturated heterocycles. The number of hydrogen-bond acceptors (Lipinski definition) is 6. The van der Waals surface area contributed by atoms with E-state index in [2.05, 4.69) is 118 Å². The van der Waals surface area contributed by atoms with Gasteiger partial charge in [0.1, 0.15) is 13.2 Å². The fraction of sp³-hybridized carbons (Fsp3) is 0.727. The Kier molecular flexibility index (Phi) is 67.2. The van der Waals surface area contributed by atoms with Gasteiger partial charge in [0.2, 0.25) is 0 Å². The van der Waals surface area contributed by atoms with E-state index < -0.39 is 12.1 Å². The van der Waals surface area contributed by atoms with Crippen LogP contribution in [0.5, 0.6) is 0 Å². The molecule has 0 aromatic rings. The van der Waals surface area contributed by atoms with Crippen LogP contribution < -0.4 is 0 Å². The molecule has 0 aromatic heterocycles. The van der Waals surface area contributed by atoms with Crippen LogP contribution in [0.3, 0.4) is 0 Å². The molecule has 6 nitrogen and oxygen atoms in total. The molecule has 0 aromatic carbocycles. The van der Waals surface area contributed by atoms with Crippen LogP contribution in [0.1, 0.15) is 342 Å². The summed E-state index contributed by atoms with van der Waals surface area (Å²) in [5, 5.41) is 0. The highest BCUT2D eigenvalue weighted by molar-refractivity contribution is 5.72. The van der Waals surface area contributed by atoms with Crippen LogP contribution in [-0.4, -0.2) is 37.2 Å². The molecule has 0 saturated carbocycles. The average Bonchev–Trinajstić information content (AvgIpc) is 3.49. The topological polar surface area (TPSA) is 78.9 Å². The lowest BCUT2D eigenvalue weighted by molar-refractivity contribution is -0.166. The van der Waals surface area contributed by atoms with Crippen molar-refractivity contribution >= 4 is 17.9 Å². The van der Waals surface area contributed by atoms with E-state index in [4.69, 9.17) is 14.2 Å². The Morgan fingerprint density at radius 3 is 0.867 bits per heavy atom. The Labute approximate surface area is 514 Å². The van der Waals surface area contributed by atoms with E-state index in [1.165, 1.54) is 212 Å². The second-order valence-corrected chi connectivity index (χ2v) is 23.4. The Morgan fingerprint density at radius 2 is 0.518 bits per heavy atom. The number of hydrogen-bond donors (Lipinski definition) is 0. The minimum Gasteiger partial charge on any atom is -0.462 e. The molecule has 476 valence electrons. The molecule has 0 aliphatic carbocycles. The number of carbonyl (C=O) groups excluding carboxylic acids is 3. The van der Waals surface area contributed by atoms with Crippen LogP contribution in [-0.2, 0) is 28.6 Å². The largest absolute Gasteiger partial charge is 0.462 e. The number of unbranched alkanes of at least 4 members (excludes halogenated alkanes) is 36. The van der Waals surface area contributed by atoms with Crippen molar-refractivity contribution in [2.75, 3.05) is 13.2 Å². The first kappa shape index (κ1) is 79.1. The Balaban J connectivity index is 4.23. The van der Waals surface area contributed by atoms with Crippen LogP contribution in [0.4, 0.5) is 0 Å². The molecular formula is C77H132O6. The van der Waals surface area contributed by atoms with Crippen molar-refractivity contribution in [2.45, 2.75) is 348 Å². The van der Waals surface area contributed by atoms with Crippen molar-refractivity contribution in [1.29, 1.82) is 0 Å². The zero-order chi connectivity index (χ0) is 59.9. The van der Waals surface area contributed by atoms with Crippen LogP contribution in [0.2, 0.25) is 0 Å². The SMILES string of the molecule is CC/C=C\C/C=C\C/C=C\C/C=C\C/C=C\CC(=O)OCC(COC(=O)CCCCCCCCCCCCCCCCCCCCCCC/C=C\C/C=C\CCCCCCC)OC(=O)CCCCCCCCC/C=C\C/C=C\CCCCC. The van der Waals surface area contributed by atoms with Gasteiger partial charge in [-0.25, -0.2) is 0 Å². The lowest BCUT2D eigenvalue weighted by Crippen LogP contribution is -2.30. The summed E-state index contributed by atoms with van der Waals surface area (Å²) >= 11 is 0. The predicted molar refractivity (Wildman–Crippen MR) is 362 cm³/mol. The van der Waals surface area contributed by atoms with Crippen molar-refractivity contribution < 1.29 is 28.6 Å². The molecule has 0 heterocycles. The van der Waals surface area contributed by atoms with Crippen LogP contribution >= 0.6 is 0 Å². The summed E-state index contributed by atoms with van der Waals surface area (Å²) in [5.41, 5.74) is 0. The van der Waals surface area contributed by atoms with Crippen molar-refractivity contribution in [1.82, 2.24) is 0 Å². The molecule has 0 radical (unpaired) electrons. The summed E-state index contributed by atoms with van der Waals surface area (Å²) in [4.78, 5) is 38.3. The molecule has 1 atom stereocenters. The monoisotopic (exact) mass is 1150 g/mol. The van der Waals surface area contributed by atoms with Crippen LogP contribution in [0.15, 0.2) is 109 Å².